The van der Waals surface area contributed by atoms with Gasteiger partial charge in [0, 0.05) is 24.4 Å². The predicted molar refractivity (Wildman–Crippen MR) is 75.9 cm³/mol. The van der Waals surface area contributed by atoms with Crippen molar-refractivity contribution in [2.45, 2.75) is 39.2 Å². The lowest BCUT2D eigenvalue weighted by molar-refractivity contribution is -0.121. The molecule has 0 aliphatic rings. The highest BCUT2D eigenvalue weighted by atomic mass is 19.1. The molecule has 0 fully saturated rings. The fourth-order valence-electron chi connectivity index (χ4n) is 1.74. The molecule has 1 aromatic carbocycles. The van der Waals surface area contributed by atoms with Crippen molar-refractivity contribution in [3.63, 3.8) is 0 Å². The van der Waals surface area contributed by atoms with Crippen LogP contribution in [0, 0.1) is 5.82 Å². The van der Waals surface area contributed by atoms with E-state index < -0.39 is 0 Å². The Morgan fingerprint density at radius 1 is 1.38 bits per heavy atom. The molecule has 0 saturated heterocycles. The van der Waals surface area contributed by atoms with Crippen molar-refractivity contribution in [2.24, 2.45) is 0 Å². The Morgan fingerprint density at radius 3 is 2.76 bits per heavy atom. The Balaban J connectivity index is 1.91. The first kappa shape index (κ1) is 15.2. The van der Waals surface area contributed by atoms with Gasteiger partial charge in [-0.05, 0) is 37.6 Å². The Kier molecular flexibility index (Phi) is 5.03. The summed E-state index contributed by atoms with van der Waals surface area (Å²) >= 11 is 0. The second-order valence-corrected chi connectivity index (χ2v) is 4.90. The summed E-state index contributed by atoms with van der Waals surface area (Å²) in [5.41, 5.74) is 0.676. The molecule has 5 nitrogen and oxygen atoms in total. The minimum atomic E-state index is -0.316. The van der Waals surface area contributed by atoms with Gasteiger partial charge in [0.05, 0.1) is 0 Å². The maximum atomic E-state index is 12.8. The van der Waals surface area contributed by atoms with Gasteiger partial charge in [-0.2, -0.15) is 4.98 Å². The Morgan fingerprint density at radius 2 is 2.10 bits per heavy atom. The number of rotatable bonds is 6. The van der Waals surface area contributed by atoms with Crippen LogP contribution in [0.1, 0.15) is 32.6 Å². The Bertz CT molecular complexity index is 595. The number of hydrogen-bond acceptors (Lipinski definition) is 4. The van der Waals surface area contributed by atoms with Crippen LogP contribution < -0.4 is 5.32 Å². The van der Waals surface area contributed by atoms with Crippen molar-refractivity contribution in [3.8, 4) is 11.4 Å². The molecule has 1 aromatic heterocycles. The number of carbonyl (C=O) groups is 1. The largest absolute Gasteiger partial charge is 0.354 e. The van der Waals surface area contributed by atoms with Gasteiger partial charge in [-0.3, -0.25) is 4.79 Å². The third-order valence-electron chi connectivity index (χ3n) is 3.16. The fraction of sp³-hybridized carbons (Fsp3) is 0.400. The van der Waals surface area contributed by atoms with E-state index >= 15 is 0 Å². The summed E-state index contributed by atoms with van der Waals surface area (Å²) in [7, 11) is 0. The molecule has 1 unspecified atom stereocenters. The summed E-state index contributed by atoms with van der Waals surface area (Å²) < 4.78 is 17.9. The minimum absolute atomic E-state index is 0.0362. The number of nitrogens with zero attached hydrogens (tertiary/aromatic N) is 2. The highest BCUT2D eigenvalue weighted by Gasteiger charge is 2.11. The number of hydrogen-bond donors (Lipinski definition) is 1. The smallest absolute Gasteiger partial charge is 0.227 e. The molecule has 2 aromatic rings. The van der Waals surface area contributed by atoms with Crippen LogP contribution in [0.25, 0.3) is 11.4 Å². The summed E-state index contributed by atoms with van der Waals surface area (Å²) in [5.74, 6) is 0.441. The van der Waals surface area contributed by atoms with E-state index in [1.807, 2.05) is 13.8 Å². The van der Waals surface area contributed by atoms with Gasteiger partial charge in [0.1, 0.15) is 5.82 Å². The summed E-state index contributed by atoms with van der Waals surface area (Å²) in [6.07, 6.45) is 1.58. The number of halogens is 1. The monoisotopic (exact) mass is 291 g/mol. The molecule has 0 aliphatic carbocycles. The zero-order chi connectivity index (χ0) is 15.2. The lowest BCUT2D eigenvalue weighted by Crippen LogP contribution is -2.32. The molecule has 0 bridgehead atoms. The Hall–Kier alpha value is -2.24. The van der Waals surface area contributed by atoms with Crippen molar-refractivity contribution in [3.05, 3.63) is 36.0 Å². The van der Waals surface area contributed by atoms with Crippen LogP contribution in [0.3, 0.4) is 0 Å². The van der Waals surface area contributed by atoms with Crippen molar-refractivity contribution < 1.29 is 13.7 Å². The van der Waals surface area contributed by atoms with E-state index in [0.717, 1.165) is 6.42 Å². The first-order valence-electron chi connectivity index (χ1n) is 6.96. The number of carbonyl (C=O) groups excluding carboxylic acids is 1. The summed E-state index contributed by atoms with van der Waals surface area (Å²) in [5, 5.41) is 6.70. The van der Waals surface area contributed by atoms with Crippen LogP contribution in [-0.2, 0) is 11.2 Å². The van der Waals surface area contributed by atoms with Gasteiger partial charge in [-0.1, -0.05) is 12.1 Å². The maximum absolute atomic E-state index is 12.8. The quantitative estimate of drug-likeness (QED) is 0.888. The van der Waals surface area contributed by atoms with Crippen LogP contribution >= 0.6 is 0 Å². The zero-order valence-electron chi connectivity index (χ0n) is 12.1. The first-order valence-corrected chi connectivity index (χ1v) is 6.96. The molecule has 1 atom stereocenters. The van der Waals surface area contributed by atoms with Crippen molar-refractivity contribution in [1.82, 2.24) is 15.5 Å². The number of nitrogens with one attached hydrogen (secondary N) is 1. The number of benzene rings is 1. The number of aromatic nitrogens is 2. The van der Waals surface area contributed by atoms with Gasteiger partial charge >= 0.3 is 0 Å². The van der Waals surface area contributed by atoms with Gasteiger partial charge in [-0.15, -0.1) is 0 Å². The molecule has 0 radical (unpaired) electrons. The number of amides is 1. The van der Waals surface area contributed by atoms with E-state index in [4.69, 9.17) is 4.52 Å². The average Bonchev–Trinajstić information content (AvgIpc) is 2.94. The highest BCUT2D eigenvalue weighted by molar-refractivity contribution is 5.76. The molecule has 1 amide bonds. The molecule has 21 heavy (non-hydrogen) atoms. The molecule has 6 heteroatoms. The molecule has 1 N–H and O–H groups in total. The first-order chi connectivity index (χ1) is 10.1. The molecule has 0 saturated carbocycles. The molecule has 0 spiro atoms. The van der Waals surface area contributed by atoms with Gasteiger partial charge in [0.25, 0.3) is 0 Å². The lowest BCUT2D eigenvalue weighted by atomic mass is 10.2. The van der Waals surface area contributed by atoms with Crippen LogP contribution in [0.2, 0.25) is 0 Å². The summed E-state index contributed by atoms with van der Waals surface area (Å²) in [6, 6.07) is 6.00. The van der Waals surface area contributed by atoms with Crippen LogP contribution in [-0.4, -0.2) is 22.1 Å². The normalized spacial score (nSPS) is 12.1. The Labute approximate surface area is 122 Å². The van der Waals surface area contributed by atoms with E-state index in [2.05, 4.69) is 15.5 Å². The predicted octanol–water partition coefficient (Wildman–Crippen LogP) is 2.72. The third kappa shape index (κ3) is 4.37. The van der Waals surface area contributed by atoms with E-state index in [1.165, 1.54) is 12.1 Å². The van der Waals surface area contributed by atoms with E-state index in [0.29, 0.717) is 30.1 Å². The van der Waals surface area contributed by atoms with E-state index in [-0.39, 0.29) is 17.8 Å². The van der Waals surface area contributed by atoms with Gasteiger partial charge < -0.3 is 9.84 Å². The molecule has 112 valence electrons. The van der Waals surface area contributed by atoms with E-state index in [9.17, 15) is 9.18 Å². The van der Waals surface area contributed by atoms with Crippen LogP contribution in [0.5, 0.6) is 0 Å². The topological polar surface area (TPSA) is 68.0 Å². The maximum Gasteiger partial charge on any atom is 0.227 e. The van der Waals surface area contributed by atoms with Crippen LogP contribution in [0.4, 0.5) is 4.39 Å². The second-order valence-electron chi connectivity index (χ2n) is 4.90. The number of aryl methyl sites for hydroxylation is 1. The van der Waals surface area contributed by atoms with Gasteiger partial charge in [0.2, 0.25) is 17.6 Å². The minimum Gasteiger partial charge on any atom is -0.354 e. The van der Waals surface area contributed by atoms with E-state index in [1.54, 1.807) is 12.1 Å². The SMILES string of the molecule is CCC(C)NC(=O)CCc1nc(-c2ccc(F)cc2)no1. The van der Waals surface area contributed by atoms with Gasteiger partial charge in [-0.25, -0.2) is 4.39 Å². The second kappa shape index (κ2) is 6.97. The standard InChI is InChI=1S/C15H18FN3O2/c1-3-10(2)17-13(20)8-9-14-18-15(19-21-14)11-4-6-12(16)7-5-11/h4-7,10H,3,8-9H2,1-2H3,(H,17,20). The fourth-order valence-corrected chi connectivity index (χ4v) is 1.74. The zero-order valence-corrected chi connectivity index (χ0v) is 12.1. The van der Waals surface area contributed by atoms with Crippen molar-refractivity contribution in [2.75, 3.05) is 0 Å². The molecule has 0 aliphatic heterocycles. The molecule has 2 rings (SSSR count). The van der Waals surface area contributed by atoms with Gasteiger partial charge in [0.15, 0.2) is 0 Å². The van der Waals surface area contributed by atoms with Crippen molar-refractivity contribution >= 4 is 5.91 Å². The molecular formula is C15H18FN3O2. The third-order valence-corrected chi connectivity index (χ3v) is 3.16. The summed E-state index contributed by atoms with van der Waals surface area (Å²) in [4.78, 5) is 15.9. The summed E-state index contributed by atoms with van der Waals surface area (Å²) in [6.45, 7) is 3.97. The highest BCUT2D eigenvalue weighted by Crippen LogP contribution is 2.16. The molecular weight excluding hydrogens is 273 g/mol. The average molecular weight is 291 g/mol. The van der Waals surface area contributed by atoms with Crippen molar-refractivity contribution in [1.29, 1.82) is 0 Å². The molecule has 1 heterocycles. The lowest BCUT2D eigenvalue weighted by Gasteiger charge is -2.10. The van der Waals surface area contributed by atoms with Crippen LogP contribution in [0.15, 0.2) is 28.8 Å².